The van der Waals surface area contributed by atoms with E-state index in [4.69, 9.17) is 23.2 Å². The molecule has 3 rings (SSSR count). The van der Waals surface area contributed by atoms with Gasteiger partial charge in [0.1, 0.15) is 0 Å². The molecule has 1 aromatic carbocycles. The Hall–Kier alpha value is -1.77. The van der Waals surface area contributed by atoms with Gasteiger partial charge in [0.25, 0.3) is 5.91 Å². The number of hydrogen-bond acceptors (Lipinski definition) is 5. The topological polar surface area (TPSA) is 88.9 Å². The van der Waals surface area contributed by atoms with Crippen molar-refractivity contribution in [3.05, 3.63) is 39.6 Å². The molecule has 0 saturated heterocycles. The monoisotopic (exact) mass is 497 g/mol. The van der Waals surface area contributed by atoms with Gasteiger partial charge in [0.2, 0.25) is 5.91 Å². The highest BCUT2D eigenvalue weighted by atomic mass is 35.5. The Morgan fingerprint density at radius 1 is 1.16 bits per heavy atom. The molecule has 174 valence electrons. The van der Waals surface area contributed by atoms with Crippen LogP contribution in [-0.2, 0) is 11.8 Å². The molecule has 1 aliphatic carbocycles. The van der Waals surface area contributed by atoms with Gasteiger partial charge in [-0.25, -0.2) is 0 Å². The molecule has 10 heteroatoms. The predicted molar refractivity (Wildman–Crippen MR) is 128 cm³/mol. The van der Waals surface area contributed by atoms with Gasteiger partial charge in [0.15, 0.2) is 11.0 Å². The van der Waals surface area contributed by atoms with Gasteiger partial charge in [-0.2, -0.15) is 0 Å². The van der Waals surface area contributed by atoms with E-state index in [-0.39, 0.29) is 35.6 Å². The van der Waals surface area contributed by atoms with E-state index in [1.807, 2.05) is 25.5 Å². The number of hydrogen-bond donors (Lipinski definition) is 2. The van der Waals surface area contributed by atoms with Crippen molar-refractivity contribution in [3.8, 4) is 0 Å². The summed E-state index contributed by atoms with van der Waals surface area (Å²) in [5, 5.41) is 16.0. The van der Waals surface area contributed by atoms with Gasteiger partial charge in [0, 0.05) is 18.7 Å². The van der Waals surface area contributed by atoms with E-state index in [9.17, 15) is 9.59 Å². The second-order valence-corrected chi connectivity index (χ2v) is 10.2. The van der Waals surface area contributed by atoms with Crippen molar-refractivity contribution in [2.24, 2.45) is 13.0 Å². The number of benzene rings is 1. The van der Waals surface area contributed by atoms with Gasteiger partial charge < -0.3 is 15.2 Å². The van der Waals surface area contributed by atoms with Crippen molar-refractivity contribution in [2.45, 2.75) is 63.2 Å². The normalized spacial score (nSPS) is 15.6. The molecule has 2 aromatic rings. The number of nitrogens with one attached hydrogen (secondary N) is 2. The van der Waals surface area contributed by atoms with Crippen LogP contribution in [0, 0.1) is 5.92 Å². The smallest absolute Gasteiger partial charge is 0.251 e. The maximum absolute atomic E-state index is 12.8. The van der Waals surface area contributed by atoms with Crippen molar-refractivity contribution in [3.63, 3.8) is 0 Å². The van der Waals surface area contributed by atoms with Crippen LogP contribution in [0.2, 0.25) is 10.0 Å². The Balaban J connectivity index is 1.64. The van der Waals surface area contributed by atoms with Crippen LogP contribution in [0.15, 0.2) is 23.4 Å². The lowest BCUT2D eigenvalue weighted by Crippen LogP contribution is -2.37. The number of nitrogens with zero attached hydrogens (tertiary/aromatic N) is 3. The molecule has 1 atom stereocenters. The number of carbonyl (C=O) groups excluding carboxylic acids is 2. The van der Waals surface area contributed by atoms with Gasteiger partial charge >= 0.3 is 0 Å². The quantitative estimate of drug-likeness (QED) is 0.511. The Morgan fingerprint density at radius 3 is 2.53 bits per heavy atom. The minimum atomic E-state index is -0.361. The third-order valence-corrected chi connectivity index (χ3v) is 7.34. The molecule has 0 spiro atoms. The fourth-order valence-electron chi connectivity index (χ4n) is 3.76. The first-order valence-electron chi connectivity index (χ1n) is 10.8. The highest BCUT2D eigenvalue weighted by Gasteiger charge is 2.26. The second kappa shape index (κ2) is 11.4. The Bertz CT molecular complexity index is 960. The van der Waals surface area contributed by atoms with Gasteiger partial charge in [0.05, 0.1) is 21.8 Å². The van der Waals surface area contributed by atoms with Crippen LogP contribution in [0.5, 0.6) is 0 Å². The molecular weight excluding hydrogens is 469 g/mol. The summed E-state index contributed by atoms with van der Waals surface area (Å²) in [6.45, 7) is 4.00. The first-order chi connectivity index (χ1) is 15.3. The zero-order valence-electron chi connectivity index (χ0n) is 18.5. The van der Waals surface area contributed by atoms with Crippen molar-refractivity contribution in [1.29, 1.82) is 0 Å². The van der Waals surface area contributed by atoms with Crippen LogP contribution in [0.1, 0.15) is 68.2 Å². The van der Waals surface area contributed by atoms with Crippen LogP contribution in [0.4, 0.5) is 0 Å². The van der Waals surface area contributed by atoms with E-state index in [1.54, 1.807) is 18.2 Å². The first kappa shape index (κ1) is 24.9. The number of thioether (sulfide) groups is 1. The summed E-state index contributed by atoms with van der Waals surface area (Å²) in [4.78, 5) is 25.1. The molecule has 0 unspecified atom stereocenters. The van der Waals surface area contributed by atoms with E-state index in [0.717, 1.165) is 12.8 Å². The van der Waals surface area contributed by atoms with Crippen molar-refractivity contribution >= 4 is 46.8 Å². The summed E-state index contributed by atoms with van der Waals surface area (Å²) in [6.07, 6.45) is 5.71. The zero-order valence-corrected chi connectivity index (χ0v) is 20.9. The Morgan fingerprint density at radius 2 is 1.88 bits per heavy atom. The highest BCUT2D eigenvalue weighted by Crippen LogP contribution is 2.26. The third kappa shape index (κ3) is 6.39. The first-order valence-corrected chi connectivity index (χ1v) is 12.6. The van der Waals surface area contributed by atoms with Crippen LogP contribution in [0.3, 0.4) is 0 Å². The minimum Gasteiger partial charge on any atom is -0.353 e. The maximum atomic E-state index is 12.8. The lowest BCUT2D eigenvalue weighted by molar-refractivity contribution is -0.119. The van der Waals surface area contributed by atoms with Crippen molar-refractivity contribution in [1.82, 2.24) is 25.4 Å². The molecular formula is C22H29Cl2N5O2S. The average Bonchev–Trinajstić information content (AvgIpc) is 3.12. The Kier molecular flexibility index (Phi) is 8.85. The highest BCUT2D eigenvalue weighted by molar-refractivity contribution is 7.99. The molecule has 1 heterocycles. The largest absolute Gasteiger partial charge is 0.353 e. The molecule has 2 amide bonds. The summed E-state index contributed by atoms with van der Waals surface area (Å²) in [5.41, 5.74) is 0.418. The standard InChI is InChI=1S/C22H29Cl2N5O2S/c1-13(2)19(26-21(31)14-9-10-16(23)17(24)11-14)20-27-28-22(29(20)3)32-12-18(30)25-15-7-5-4-6-8-15/h9-11,13,15,19H,4-8,12H2,1-3H3,(H,25,30)(H,26,31)/t19-/m1/s1. The van der Waals surface area contributed by atoms with E-state index >= 15 is 0 Å². The zero-order chi connectivity index (χ0) is 23.3. The number of rotatable bonds is 8. The third-order valence-electron chi connectivity index (χ3n) is 5.58. The lowest BCUT2D eigenvalue weighted by Gasteiger charge is -2.22. The summed E-state index contributed by atoms with van der Waals surface area (Å²) in [6, 6.07) is 4.69. The molecule has 1 aromatic heterocycles. The molecule has 0 aliphatic heterocycles. The minimum absolute atomic E-state index is 0.0137. The summed E-state index contributed by atoms with van der Waals surface area (Å²) in [5.74, 6) is 0.719. The summed E-state index contributed by atoms with van der Waals surface area (Å²) < 4.78 is 1.83. The second-order valence-electron chi connectivity index (χ2n) is 8.41. The summed E-state index contributed by atoms with van der Waals surface area (Å²) >= 11 is 13.3. The lowest BCUT2D eigenvalue weighted by atomic mass is 9.95. The number of amides is 2. The maximum Gasteiger partial charge on any atom is 0.251 e. The SMILES string of the molecule is CC(C)[C@@H](NC(=O)c1ccc(Cl)c(Cl)c1)c1nnc(SCC(=O)NC2CCCCC2)n1C. The van der Waals surface area contributed by atoms with Gasteiger partial charge in [-0.15, -0.1) is 10.2 Å². The molecule has 1 fully saturated rings. The van der Waals surface area contributed by atoms with Gasteiger partial charge in [-0.3, -0.25) is 9.59 Å². The molecule has 1 aliphatic rings. The van der Waals surface area contributed by atoms with E-state index < -0.39 is 0 Å². The predicted octanol–water partition coefficient (Wildman–Crippen LogP) is 4.79. The van der Waals surface area contributed by atoms with Gasteiger partial charge in [-0.1, -0.05) is 68.1 Å². The van der Waals surface area contributed by atoms with E-state index in [2.05, 4.69) is 20.8 Å². The van der Waals surface area contributed by atoms with Crippen molar-refractivity contribution in [2.75, 3.05) is 5.75 Å². The van der Waals surface area contributed by atoms with E-state index in [1.165, 1.54) is 31.0 Å². The van der Waals surface area contributed by atoms with Crippen LogP contribution >= 0.6 is 35.0 Å². The van der Waals surface area contributed by atoms with Crippen LogP contribution < -0.4 is 10.6 Å². The van der Waals surface area contributed by atoms with Gasteiger partial charge in [-0.05, 0) is 37.0 Å². The number of halogens is 2. The average molecular weight is 498 g/mol. The fraction of sp³-hybridized carbons (Fsp3) is 0.545. The molecule has 0 radical (unpaired) electrons. The van der Waals surface area contributed by atoms with Crippen molar-refractivity contribution < 1.29 is 9.59 Å². The van der Waals surface area contributed by atoms with Crippen LogP contribution in [-0.4, -0.2) is 38.4 Å². The number of carbonyl (C=O) groups is 2. The molecule has 0 bridgehead atoms. The Labute approximate surface area is 203 Å². The molecule has 32 heavy (non-hydrogen) atoms. The number of aromatic nitrogens is 3. The fourth-order valence-corrected chi connectivity index (χ4v) is 4.79. The molecule has 1 saturated carbocycles. The summed E-state index contributed by atoms with van der Waals surface area (Å²) in [7, 11) is 1.84. The van der Waals surface area contributed by atoms with E-state index in [0.29, 0.717) is 26.6 Å². The molecule has 7 nitrogen and oxygen atoms in total. The van der Waals surface area contributed by atoms with Crippen LogP contribution in [0.25, 0.3) is 0 Å². The molecule has 2 N–H and O–H groups in total.